The van der Waals surface area contributed by atoms with Crippen LogP contribution in [0.5, 0.6) is 11.5 Å². The van der Waals surface area contributed by atoms with Gasteiger partial charge in [0.1, 0.15) is 0 Å². The summed E-state index contributed by atoms with van der Waals surface area (Å²) in [5.41, 5.74) is 0.367. The fourth-order valence-electron chi connectivity index (χ4n) is 2.40. The highest BCUT2D eigenvalue weighted by Gasteiger charge is 2.34. The number of aliphatic carboxylic acids is 1. The number of nitrogens with one attached hydrogen (secondary N) is 1. The summed E-state index contributed by atoms with van der Waals surface area (Å²) < 4.78 is 25.2. The lowest BCUT2D eigenvalue weighted by Gasteiger charge is -2.18. The molecule has 0 amide bonds. The molecule has 1 aromatic carbocycles. The van der Waals surface area contributed by atoms with Crippen LogP contribution in [-0.2, 0) is 4.79 Å². The summed E-state index contributed by atoms with van der Waals surface area (Å²) in [4.78, 5) is 11.0. The van der Waals surface area contributed by atoms with E-state index >= 15 is 0 Å². The van der Waals surface area contributed by atoms with Gasteiger partial charge in [0.2, 0.25) is 0 Å². The van der Waals surface area contributed by atoms with Crippen LogP contribution in [0.25, 0.3) is 0 Å². The molecule has 1 aromatic rings. The van der Waals surface area contributed by atoms with Crippen molar-refractivity contribution in [2.45, 2.75) is 12.5 Å². The number of carboxylic acid groups (broad SMARTS) is 1. The van der Waals surface area contributed by atoms with E-state index in [0.29, 0.717) is 23.0 Å². The number of halogens is 2. The van der Waals surface area contributed by atoms with E-state index in [0.717, 1.165) is 0 Å². The Bertz CT molecular complexity index is 538. The molecule has 2 atom stereocenters. The van der Waals surface area contributed by atoms with Gasteiger partial charge in [0.15, 0.2) is 17.3 Å². The van der Waals surface area contributed by atoms with Crippen molar-refractivity contribution in [1.29, 1.82) is 0 Å². The molecule has 1 fully saturated rings. The molecule has 0 saturated carbocycles. The van der Waals surface area contributed by atoms with E-state index < -0.39 is 17.7 Å². The number of carboxylic acids is 1. The summed E-state index contributed by atoms with van der Waals surface area (Å²) >= 11 is 3.31. The maximum atomic E-state index is 14.5. The lowest BCUT2D eigenvalue weighted by atomic mass is 9.99. The van der Waals surface area contributed by atoms with Crippen molar-refractivity contribution in [2.24, 2.45) is 5.92 Å². The third-order valence-corrected chi connectivity index (χ3v) is 4.08. The molecule has 2 rings (SSSR count). The van der Waals surface area contributed by atoms with Gasteiger partial charge in [0, 0.05) is 22.6 Å². The second kappa shape index (κ2) is 5.97. The molecule has 7 heteroatoms. The number of carbonyl (C=O) groups is 1. The minimum Gasteiger partial charge on any atom is -0.493 e. The Balaban J connectivity index is 2.40. The van der Waals surface area contributed by atoms with Crippen molar-refractivity contribution in [2.75, 3.05) is 20.8 Å². The zero-order valence-electron chi connectivity index (χ0n) is 11.1. The Morgan fingerprint density at radius 2 is 2.20 bits per heavy atom. The Morgan fingerprint density at radius 1 is 1.50 bits per heavy atom. The molecule has 0 radical (unpaired) electrons. The van der Waals surface area contributed by atoms with Gasteiger partial charge in [0.25, 0.3) is 0 Å². The predicted octanol–water partition coefficient (Wildman–Crippen LogP) is 2.34. The molecule has 5 nitrogen and oxygen atoms in total. The molecule has 0 aromatic heterocycles. The number of methoxy groups -OCH3 is 2. The molecule has 1 heterocycles. The Hall–Kier alpha value is -1.34. The standard InChI is InChI=1S/C13H15BrFNO4/c1-19-9-4-7(14)10(11(15)12(9)20-2)8-3-6(5-16-8)13(17)18/h4,6,8,16H,3,5H2,1-2H3,(H,17,18). The van der Waals surface area contributed by atoms with Crippen molar-refractivity contribution in [3.63, 3.8) is 0 Å². The molecule has 20 heavy (non-hydrogen) atoms. The molecular formula is C13H15BrFNO4. The smallest absolute Gasteiger partial charge is 0.307 e. The van der Waals surface area contributed by atoms with Crippen LogP contribution < -0.4 is 14.8 Å². The van der Waals surface area contributed by atoms with Gasteiger partial charge >= 0.3 is 5.97 Å². The molecule has 0 aliphatic carbocycles. The van der Waals surface area contributed by atoms with Crippen molar-refractivity contribution in [1.82, 2.24) is 5.32 Å². The number of hydrogen-bond donors (Lipinski definition) is 2. The third-order valence-electron chi connectivity index (χ3n) is 3.43. The van der Waals surface area contributed by atoms with Crippen LogP contribution in [0.4, 0.5) is 4.39 Å². The molecule has 110 valence electrons. The van der Waals surface area contributed by atoms with Crippen LogP contribution in [0.15, 0.2) is 10.5 Å². The molecule has 1 aliphatic rings. The normalized spacial score (nSPS) is 21.8. The first-order chi connectivity index (χ1) is 9.49. The van der Waals surface area contributed by atoms with Crippen LogP contribution in [0, 0.1) is 11.7 Å². The monoisotopic (exact) mass is 347 g/mol. The fraction of sp³-hybridized carbons (Fsp3) is 0.462. The van der Waals surface area contributed by atoms with Gasteiger partial charge < -0.3 is 19.9 Å². The quantitative estimate of drug-likeness (QED) is 0.874. The van der Waals surface area contributed by atoms with E-state index in [1.807, 2.05) is 0 Å². The number of hydrogen-bond acceptors (Lipinski definition) is 4. The minimum atomic E-state index is -0.878. The summed E-state index contributed by atoms with van der Waals surface area (Å²) in [6.45, 7) is 0.320. The molecule has 1 aliphatic heterocycles. The fourth-order valence-corrected chi connectivity index (χ4v) is 3.06. The van der Waals surface area contributed by atoms with Crippen LogP contribution in [0.3, 0.4) is 0 Å². The number of benzene rings is 1. The van der Waals surface area contributed by atoms with E-state index in [1.165, 1.54) is 14.2 Å². The van der Waals surface area contributed by atoms with E-state index in [2.05, 4.69) is 21.2 Å². The SMILES string of the molecule is COc1cc(Br)c(C2CC(C(=O)O)CN2)c(F)c1OC. The van der Waals surface area contributed by atoms with Crippen molar-refractivity contribution >= 4 is 21.9 Å². The first-order valence-corrected chi connectivity index (χ1v) is 6.85. The topological polar surface area (TPSA) is 67.8 Å². The third kappa shape index (κ3) is 2.60. The predicted molar refractivity (Wildman–Crippen MR) is 73.7 cm³/mol. The average Bonchev–Trinajstić information content (AvgIpc) is 2.87. The second-order valence-electron chi connectivity index (χ2n) is 4.55. The molecule has 0 spiro atoms. The van der Waals surface area contributed by atoms with Gasteiger partial charge in [-0.05, 0) is 12.5 Å². The zero-order valence-corrected chi connectivity index (χ0v) is 12.7. The van der Waals surface area contributed by atoms with Gasteiger partial charge in [-0.2, -0.15) is 0 Å². The highest BCUT2D eigenvalue weighted by molar-refractivity contribution is 9.10. The molecule has 1 saturated heterocycles. The molecule has 2 N–H and O–H groups in total. The van der Waals surface area contributed by atoms with E-state index in [9.17, 15) is 9.18 Å². The summed E-state index contributed by atoms with van der Waals surface area (Å²) in [5.74, 6) is -1.63. The van der Waals surface area contributed by atoms with Gasteiger partial charge in [0.05, 0.1) is 20.1 Å². The Morgan fingerprint density at radius 3 is 2.70 bits per heavy atom. The summed E-state index contributed by atoms with van der Waals surface area (Å²) in [7, 11) is 2.79. The second-order valence-corrected chi connectivity index (χ2v) is 5.41. The number of ether oxygens (including phenoxy) is 2. The number of rotatable bonds is 4. The van der Waals surface area contributed by atoms with E-state index in [1.54, 1.807) is 6.07 Å². The largest absolute Gasteiger partial charge is 0.493 e. The summed E-state index contributed by atoms with van der Waals surface area (Å²) in [6, 6.07) is 1.25. The van der Waals surface area contributed by atoms with Crippen molar-refractivity contribution < 1.29 is 23.8 Å². The van der Waals surface area contributed by atoms with Gasteiger partial charge in [-0.25, -0.2) is 4.39 Å². The van der Waals surface area contributed by atoms with Crippen LogP contribution in [0.2, 0.25) is 0 Å². The first kappa shape index (κ1) is 15.1. The lowest BCUT2D eigenvalue weighted by molar-refractivity contribution is -0.141. The van der Waals surface area contributed by atoms with Crippen molar-refractivity contribution in [3.05, 3.63) is 21.9 Å². The van der Waals surface area contributed by atoms with Gasteiger partial charge in [-0.15, -0.1) is 0 Å². The highest BCUT2D eigenvalue weighted by atomic mass is 79.9. The first-order valence-electron chi connectivity index (χ1n) is 6.05. The lowest BCUT2D eigenvalue weighted by Crippen LogP contribution is -2.18. The average molecular weight is 348 g/mol. The van der Waals surface area contributed by atoms with Gasteiger partial charge in [-0.1, -0.05) is 15.9 Å². The highest BCUT2D eigenvalue weighted by Crippen LogP contribution is 2.42. The summed E-state index contributed by atoms with van der Waals surface area (Å²) in [6.07, 6.45) is 0.334. The molecular weight excluding hydrogens is 333 g/mol. The van der Waals surface area contributed by atoms with E-state index in [-0.39, 0.29) is 17.5 Å². The molecule has 2 unspecified atom stereocenters. The van der Waals surface area contributed by atoms with Crippen LogP contribution in [0.1, 0.15) is 18.0 Å². The Labute approximate surface area is 124 Å². The Kier molecular flexibility index (Phi) is 4.49. The maximum Gasteiger partial charge on any atom is 0.307 e. The minimum absolute atomic E-state index is 0.0197. The molecule has 0 bridgehead atoms. The van der Waals surface area contributed by atoms with Gasteiger partial charge in [-0.3, -0.25) is 4.79 Å². The van der Waals surface area contributed by atoms with E-state index in [4.69, 9.17) is 14.6 Å². The van der Waals surface area contributed by atoms with Crippen molar-refractivity contribution in [3.8, 4) is 11.5 Å². The summed E-state index contributed by atoms with van der Waals surface area (Å²) in [5, 5.41) is 12.0. The zero-order chi connectivity index (χ0) is 14.9. The van der Waals surface area contributed by atoms with Crippen LogP contribution in [-0.4, -0.2) is 31.8 Å². The van der Waals surface area contributed by atoms with Crippen LogP contribution >= 0.6 is 15.9 Å². The maximum absolute atomic E-state index is 14.5.